The summed E-state index contributed by atoms with van der Waals surface area (Å²) in [6.45, 7) is 3.86. The van der Waals surface area contributed by atoms with Crippen molar-refractivity contribution >= 4 is 28.6 Å². The zero-order chi connectivity index (χ0) is 19.3. The molecule has 1 aromatic heterocycles. The number of carbonyl (C=O) groups excluding carboxylic acids is 1. The summed E-state index contributed by atoms with van der Waals surface area (Å²) in [4.78, 5) is 20.7. The summed E-state index contributed by atoms with van der Waals surface area (Å²) in [5, 5.41) is 2.11. The van der Waals surface area contributed by atoms with Gasteiger partial charge in [-0.05, 0) is 48.9 Å². The molecule has 2 aromatic rings. The van der Waals surface area contributed by atoms with E-state index in [4.69, 9.17) is 4.74 Å². The van der Waals surface area contributed by atoms with Crippen molar-refractivity contribution in [3.63, 3.8) is 0 Å². The van der Waals surface area contributed by atoms with Gasteiger partial charge in [0.1, 0.15) is 5.75 Å². The number of anilines is 2. The number of piperidine rings is 1. The molecule has 6 heteroatoms. The molecule has 3 aliphatic heterocycles. The Kier molecular flexibility index (Phi) is 4.56. The van der Waals surface area contributed by atoms with Crippen LogP contribution in [0.4, 0.5) is 11.4 Å². The smallest absolute Gasteiger partial charge is 0.246 e. The predicted octanol–water partition coefficient (Wildman–Crippen LogP) is 3.34. The van der Waals surface area contributed by atoms with Gasteiger partial charge in [0.25, 0.3) is 0 Å². The summed E-state index contributed by atoms with van der Waals surface area (Å²) >= 11 is 1.79. The Bertz CT molecular complexity index is 896. The Labute approximate surface area is 170 Å². The van der Waals surface area contributed by atoms with E-state index in [1.807, 2.05) is 11.9 Å². The van der Waals surface area contributed by atoms with Crippen LogP contribution >= 0.6 is 11.3 Å². The first-order chi connectivity index (χ1) is 13.7. The van der Waals surface area contributed by atoms with Gasteiger partial charge in [-0.25, -0.2) is 0 Å². The molecule has 1 amide bonds. The number of fused-ring (bicyclic) bond motifs is 3. The van der Waals surface area contributed by atoms with Gasteiger partial charge in [0, 0.05) is 37.0 Å². The van der Waals surface area contributed by atoms with Crippen LogP contribution in [-0.2, 0) is 11.2 Å². The van der Waals surface area contributed by atoms with E-state index < -0.39 is 0 Å². The van der Waals surface area contributed by atoms with Crippen molar-refractivity contribution in [2.24, 2.45) is 0 Å². The quantitative estimate of drug-likeness (QED) is 0.775. The van der Waals surface area contributed by atoms with Crippen molar-refractivity contribution in [2.75, 3.05) is 50.1 Å². The fourth-order valence-corrected chi connectivity index (χ4v) is 6.11. The second-order valence-corrected chi connectivity index (χ2v) is 9.08. The van der Waals surface area contributed by atoms with E-state index in [1.165, 1.54) is 16.1 Å². The number of rotatable bonds is 5. The van der Waals surface area contributed by atoms with Crippen LogP contribution in [0.2, 0.25) is 0 Å². The van der Waals surface area contributed by atoms with Crippen molar-refractivity contribution in [1.82, 2.24) is 4.90 Å². The second kappa shape index (κ2) is 7.08. The minimum absolute atomic E-state index is 0.206. The number of hydrogen-bond donors (Lipinski definition) is 0. The van der Waals surface area contributed by atoms with Gasteiger partial charge >= 0.3 is 0 Å². The van der Waals surface area contributed by atoms with E-state index in [2.05, 4.69) is 39.4 Å². The maximum atomic E-state index is 12.5. The van der Waals surface area contributed by atoms with Gasteiger partial charge in [0.05, 0.1) is 25.0 Å². The number of hydrogen-bond acceptors (Lipinski definition) is 5. The van der Waals surface area contributed by atoms with Gasteiger partial charge < -0.3 is 19.4 Å². The number of aryl methyl sites for hydroxylation is 1. The molecule has 0 aliphatic carbocycles. The van der Waals surface area contributed by atoms with E-state index in [0.29, 0.717) is 18.5 Å². The fourth-order valence-electron chi connectivity index (χ4n) is 5.22. The lowest BCUT2D eigenvalue weighted by atomic mass is 9.89. The van der Waals surface area contributed by atoms with Gasteiger partial charge in [-0.1, -0.05) is 12.1 Å². The first kappa shape index (κ1) is 18.0. The third kappa shape index (κ3) is 2.81. The molecule has 0 unspecified atom stereocenters. The SMILES string of the molecule is COc1ccsc1CCCN1CC[C@H]2[C@@H](C1)c1cccc3c1N2CC(=O)N3C. The van der Waals surface area contributed by atoms with Crippen LogP contribution in [0, 0.1) is 0 Å². The van der Waals surface area contributed by atoms with Gasteiger partial charge in [-0.15, -0.1) is 11.3 Å². The van der Waals surface area contributed by atoms with E-state index in [0.717, 1.165) is 50.3 Å². The second-order valence-electron chi connectivity index (χ2n) is 8.07. The summed E-state index contributed by atoms with van der Waals surface area (Å²) < 4.78 is 5.44. The van der Waals surface area contributed by atoms with Crippen molar-refractivity contribution < 1.29 is 9.53 Å². The van der Waals surface area contributed by atoms with Crippen LogP contribution in [0.1, 0.15) is 29.2 Å². The molecule has 5 rings (SSSR count). The Morgan fingerprint density at radius 3 is 3.04 bits per heavy atom. The topological polar surface area (TPSA) is 36.0 Å². The maximum absolute atomic E-state index is 12.5. The minimum atomic E-state index is 0.206. The van der Waals surface area contributed by atoms with E-state index in [-0.39, 0.29) is 5.91 Å². The Morgan fingerprint density at radius 1 is 1.29 bits per heavy atom. The number of methoxy groups -OCH3 is 1. The summed E-state index contributed by atoms with van der Waals surface area (Å²) in [6.07, 6.45) is 3.38. The molecule has 0 saturated carbocycles. The molecule has 2 atom stereocenters. The summed E-state index contributed by atoms with van der Waals surface area (Å²) in [5.41, 5.74) is 3.83. The molecule has 0 spiro atoms. The van der Waals surface area contributed by atoms with Crippen LogP contribution in [-0.4, -0.2) is 57.2 Å². The van der Waals surface area contributed by atoms with E-state index in [9.17, 15) is 4.79 Å². The first-order valence-electron chi connectivity index (χ1n) is 10.2. The monoisotopic (exact) mass is 397 g/mol. The summed E-state index contributed by atoms with van der Waals surface area (Å²) in [7, 11) is 3.66. The highest BCUT2D eigenvalue weighted by Crippen LogP contribution is 2.50. The lowest BCUT2D eigenvalue weighted by Crippen LogP contribution is -2.51. The van der Waals surface area contributed by atoms with Crippen molar-refractivity contribution in [3.05, 3.63) is 40.1 Å². The number of thiophene rings is 1. The van der Waals surface area contributed by atoms with Crippen LogP contribution < -0.4 is 14.5 Å². The van der Waals surface area contributed by atoms with E-state index in [1.54, 1.807) is 18.4 Å². The standard InChI is InChI=1S/C22H27N3O2S/c1-23-18-6-3-5-15-16-13-24(10-4-7-20-19(27-2)9-12-28-20)11-8-17(16)25(22(15)18)14-21(23)26/h3,5-6,9,12,16-17H,4,7-8,10-11,13-14H2,1-2H3/t16-,17-/m0/s1. The molecule has 5 nitrogen and oxygen atoms in total. The molecular formula is C22H27N3O2S. The van der Waals surface area contributed by atoms with Crippen LogP contribution in [0.5, 0.6) is 5.75 Å². The molecule has 0 bridgehead atoms. The van der Waals surface area contributed by atoms with Gasteiger partial charge in [0.15, 0.2) is 0 Å². The number of carbonyl (C=O) groups is 1. The molecule has 3 aliphatic rings. The summed E-state index contributed by atoms with van der Waals surface area (Å²) in [6, 6.07) is 9.02. The van der Waals surface area contributed by atoms with Crippen molar-refractivity contribution in [1.29, 1.82) is 0 Å². The number of ether oxygens (including phenoxy) is 1. The number of nitrogens with zero attached hydrogens (tertiary/aromatic N) is 3. The van der Waals surface area contributed by atoms with Gasteiger partial charge in [-0.3, -0.25) is 4.79 Å². The Hall–Kier alpha value is -2.05. The normalized spacial score (nSPS) is 23.7. The molecule has 4 heterocycles. The van der Waals surface area contributed by atoms with Crippen LogP contribution in [0.25, 0.3) is 0 Å². The molecular weight excluding hydrogens is 370 g/mol. The highest BCUT2D eigenvalue weighted by Gasteiger charge is 2.46. The molecule has 28 heavy (non-hydrogen) atoms. The molecule has 1 fully saturated rings. The summed E-state index contributed by atoms with van der Waals surface area (Å²) in [5.74, 6) is 1.75. The number of likely N-dealkylation sites (N-methyl/N-ethyl adjacent to an activating group) is 1. The molecule has 1 aromatic carbocycles. The lowest BCUT2D eigenvalue weighted by molar-refractivity contribution is -0.117. The highest BCUT2D eigenvalue weighted by atomic mass is 32.1. The average Bonchev–Trinajstić information content (AvgIpc) is 3.29. The predicted molar refractivity (Wildman–Crippen MR) is 114 cm³/mol. The number of amides is 1. The van der Waals surface area contributed by atoms with Crippen LogP contribution in [0.15, 0.2) is 29.6 Å². The minimum Gasteiger partial charge on any atom is -0.496 e. The zero-order valence-corrected chi connectivity index (χ0v) is 17.4. The molecule has 1 saturated heterocycles. The van der Waals surface area contributed by atoms with Crippen LogP contribution in [0.3, 0.4) is 0 Å². The maximum Gasteiger partial charge on any atom is 0.246 e. The fraction of sp³-hybridized carbons (Fsp3) is 0.500. The van der Waals surface area contributed by atoms with Gasteiger partial charge in [-0.2, -0.15) is 0 Å². The number of para-hydroxylation sites is 1. The number of likely N-dealkylation sites (tertiary alicyclic amines) is 1. The first-order valence-corrected chi connectivity index (χ1v) is 11.0. The largest absolute Gasteiger partial charge is 0.496 e. The van der Waals surface area contributed by atoms with Crippen molar-refractivity contribution in [2.45, 2.75) is 31.2 Å². The average molecular weight is 398 g/mol. The Morgan fingerprint density at radius 2 is 2.18 bits per heavy atom. The Balaban J connectivity index is 1.29. The molecule has 148 valence electrons. The highest BCUT2D eigenvalue weighted by molar-refractivity contribution is 7.10. The lowest BCUT2D eigenvalue weighted by Gasteiger charge is -2.41. The third-order valence-electron chi connectivity index (χ3n) is 6.64. The molecule has 0 radical (unpaired) electrons. The zero-order valence-electron chi connectivity index (χ0n) is 16.6. The van der Waals surface area contributed by atoms with Crippen molar-refractivity contribution in [3.8, 4) is 5.75 Å². The number of benzene rings is 1. The molecule has 0 N–H and O–H groups in total. The van der Waals surface area contributed by atoms with Gasteiger partial charge in [0.2, 0.25) is 5.91 Å². The van der Waals surface area contributed by atoms with E-state index >= 15 is 0 Å². The third-order valence-corrected chi connectivity index (χ3v) is 7.60.